The smallest absolute Gasteiger partial charge is 0.410 e. The van der Waals surface area contributed by atoms with E-state index in [4.69, 9.17) is 9.97 Å². The Hall–Kier alpha value is -5.33. The molecular weight excluding hydrogens is 728 g/mol. The summed E-state index contributed by atoms with van der Waals surface area (Å²) in [4.78, 5) is 28.1. The summed E-state index contributed by atoms with van der Waals surface area (Å²) in [5.74, 6) is 1.36. The van der Waals surface area contributed by atoms with Crippen LogP contribution in [0.15, 0.2) is 134 Å². The van der Waals surface area contributed by atoms with Gasteiger partial charge in [-0.2, -0.15) is 0 Å². The Morgan fingerprint density at radius 3 is 1.39 bits per heavy atom. The Morgan fingerprint density at radius 1 is 0.477 bits per heavy atom. The van der Waals surface area contributed by atoms with Crippen molar-refractivity contribution in [2.45, 2.75) is 5.41 Å². The minimum Gasteiger partial charge on any atom is -0.410 e. The van der Waals surface area contributed by atoms with Crippen LogP contribution < -0.4 is 0 Å². The monoisotopic (exact) mass is 749 g/mol. The number of rotatable bonds is 6. The van der Waals surface area contributed by atoms with Gasteiger partial charge in [-0.15, -0.1) is 0 Å². The van der Waals surface area contributed by atoms with E-state index in [-0.39, 0.29) is 21.1 Å². The number of imidazole rings is 2. The molecule has 44 heavy (non-hydrogen) atoms. The molecule has 8 rings (SSSR count). The van der Waals surface area contributed by atoms with Crippen LogP contribution >= 0.6 is 0 Å². The van der Waals surface area contributed by atoms with E-state index in [1.54, 1.807) is 12.4 Å². The summed E-state index contributed by atoms with van der Waals surface area (Å²) in [6.07, 6.45) is 9.61. The van der Waals surface area contributed by atoms with Crippen molar-refractivity contribution in [3.63, 3.8) is 0 Å². The Labute approximate surface area is 267 Å². The van der Waals surface area contributed by atoms with E-state index in [1.165, 1.54) is 0 Å². The maximum absolute atomic E-state index is 5.30. The summed E-state index contributed by atoms with van der Waals surface area (Å²) in [7, 11) is 0. The fourth-order valence-corrected chi connectivity index (χ4v) is 5.73. The molecule has 0 N–H and O–H groups in total. The van der Waals surface area contributed by atoms with E-state index in [0.29, 0.717) is 22.9 Å². The molecule has 0 unspecified atom stereocenters. The van der Waals surface area contributed by atoms with Crippen molar-refractivity contribution in [3.8, 4) is 11.6 Å². The fourth-order valence-electron chi connectivity index (χ4n) is 5.73. The molecule has 9 heteroatoms. The van der Waals surface area contributed by atoms with Crippen LogP contribution in [0.25, 0.3) is 34.0 Å². The molecule has 0 atom stereocenters. The van der Waals surface area contributed by atoms with Crippen LogP contribution in [-0.4, -0.2) is 39.0 Å². The van der Waals surface area contributed by atoms with Gasteiger partial charge in [0.25, 0.3) is 0 Å². The molecule has 0 bridgehead atoms. The second kappa shape index (κ2) is 11.4. The number of nitrogens with zero attached hydrogens (tertiary/aromatic N) is 8. The topological polar surface area (TPSA) is 87.2 Å². The average Bonchev–Trinajstić information content (AvgIpc) is 3.72. The third-order valence-electron chi connectivity index (χ3n) is 7.63. The number of aromatic nitrogens is 8. The number of fused-ring (bicyclic) bond motifs is 2. The van der Waals surface area contributed by atoms with E-state index < -0.39 is 5.41 Å². The fraction of sp³-hybridized carbons (Fsp3) is 0.0286. The molecule has 0 aliphatic carbocycles. The standard InChI is InChI=1S/C35H22N8.Pt/c1-3-11-25(12-4-1)35(26-13-5-2-6-14-26,29-17-7-19-31(40-29)42-23-38-33-27(42)15-9-21-36-33)30-18-8-20-32(41-30)43-24-39-34-28(43)16-10-22-37-34;/h1-22H;/q-2;+2. The number of hydrogen-bond donors (Lipinski definition) is 0. The second-order valence-corrected chi connectivity index (χ2v) is 10.0. The van der Waals surface area contributed by atoms with Crippen LogP contribution in [-0.2, 0) is 26.5 Å². The predicted molar refractivity (Wildman–Crippen MR) is 163 cm³/mol. The van der Waals surface area contributed by atoms with Gasteiger partial charge in [-0.25, -0.2) is 0 Å². The van der Waals surface area contributed by atoms with Crippen molar-refractivity contribution in [1.82, 2.24) is 39.0 Å². The molecule has 2 aromatic carbocycles. The first-order chi connectivity index (χ1) is 21.3. The Morgan fingerprint density at radius 2 is 0.932 bits per heavy atom. The van der Waals surface area contributed by atoms with Crippen molar-refractivity contribution in [2.75, 3.05) is 0 Å². The average molecular weight is 750 g/mol. The van der Waals surface area contributed by atoms with Crippen LogP contribution in [0.1, 0.15) is 22.5 Å². The van der Waals surface area contributed by atoms with E-state index in [2.05, 4.69) is 69.0 Å². The van der Waals surface area contributed by atoms with Crippen LogP contribution in [0.4, 0.5) is 0 Å². The Kier molecular flexibility index (Phi) is 7.12. The second-order valence-electron chi connectivity index (χ2n) is 10.0. The van der Waals surface area contributed by atoms with Crippen LogP contribution in [0.2, 0.25) is 0 Å². The van der Waals surface area contributed by atoms with Crippen molar-refractivity contribution in [3.05, 3.63) is 169 Å². The van der Waals surface area contributed by atoms with Crippen molar-refractivity contribution < 1.29 is 21.1 Å². The van der Waals surface area contributed by atoms with E-state index in [9.17, 15) is 0 Å². The van der Waals surface area contributed by atoms with Gasteiger partial charge < -0.3 is 19.1 Å². The van der Waals surface area contributed by atoms with Gasteiger partial charge in [-0.3, -0.25) is 19.9 Å². The van der Waals surface area contributed by atoms with Crippen molar-refractivity contribution >= 4 is 22.3 Å². The zero-order valence-electron chi connectivity index (χ0n) is 23.1. The molecule has 212 valence electrons. The molecule has 8 nitrogen and oxygen atoms in total. The van der Waals surface area contributed by atoms with E-state index in [0.717, 1.165) is 33.5 Å². The third-order valence-corrected chi connectivity index (χ3v) is 7.63. The van der Waals surface area contributed by atoms with Crippen LogP contribution in [0.3, 0.4) is 0 Å². The third kappa shape index (κ3) is 4.43. The van der Waals surface area contributed by atoms with Crippen molar-refractivity contribution in [2.24, 2.45) is 0 Å². The van der Waals surface area contributed by atoms with Gasteiger partial charge in [0.05, 0.1) is 34.3 Å². The molecule has 0 fully saturated rings. The normalized spacial score (nSPS) is 11.5. The molecule has 0 radical (unpaired) electrons. The minimum absolute atomic E-state index is 0. The predicted octanol–water partition coefficient (Wildman–Crippen LogP) is 5.92. The molecule has 0 aliphatic heterocycles. The SMILES string of the molecule is [Pt+2].[c-]1nc2ncccc2n1-c1cccc(C(c2ccccc2)(c2ccccc2)c2cccc(-n3[c-]nc4ncccc43)n2)n1. The first-order valence-corrected chi connectivity index (χ1v) is 13.8. The van der Waals surface area contributed by atoms with Gasteiger partial charge >= 0.3 is 21.1 Å². The summed E-state index contributed by atoms with van der Waals surface area (Å²) >= 11 is 0. The molecule has 0 amide bonds. The molecular formula is C35H22N8Pt. The van der Waals surface area contributed by atoms with Crippen LogP contribution in [0.5, 0.6) is 0 Å². The molecule has 0 saturated heterocycles. The number of pyridine rings is 4. The van der Waals surface area contributed by atoms with Gasteiger partial charge in [0.15, 0.2) is 0 Å². The quantitative estimate of drug-likeness (QED) is 0.196. The maximum atomic E-state index is 5.30. The molecule has 6 aromatic heterocycles. The molecule has 8 aromatic rings. The summed E-state index contributed by atoms with van der Waals surface area (Å²) < 4.78 is 3.69. The van der Waals surface area contributed by atoms with E-state index in [1.807, 2.05) is 94.1 Å². The summed E-state index contributed by atoms with van der Waals surface area (Å²) in [6.45, 7) is 0. The number of benzene rings is 2. The van der Waals surface area contributed by atoms with Gasteiger partial charge in [-0.1, -0.05) is 109 Å². The molecule has 0 aliphatic rings. The zero-order valence-corrected chi connectivity index (χ0v) is 25.4. The van der Waals surface area contributed by atoms with Crippen molar-refractivity contribution in [1.29, 1.82) is 0 Å². The first kappa shape index (κ1) is 27.5. The molecule has 6 heterocycles. The summed E-state index contributed by atoms with van der Waals surface area (Å²) in [5, 5.41) is 0. The minimum atomic E-state index is -0.877. The molecule has 0 saturated carbocycles. The first-order valence-electron chi connectivity index (χ1n) is 13.8. The van der Waals surface area contributed by atoms with Crippen LogP contribution in [0, 0.1) is 12.7 Å². The Balaban J connectivity index is 0.00000312. The molecule has 0 spiro atoms. The van der Waals surface area contributed by atoms with Gasteiger partial charge in [0.2, 0.25) is 0 Å². The van der Waals surface area contributed by atoms with Gasteiger partial charge in [0.1, 0.15) is 5.41 Å². The summed E-state index contributed by atoms with van der Waals surface area (Å²) in [6, 6.07) is 40.5. The van der Waals surface area contributed by atoms with Gasteiger partial charge in [0, 0.05) is 25.0 Å². The largest absolute Gasteiger partial charge is 2.00 e. The zero-order chi connectivity index (χ0) is 28.6. The maximum Gasteiger partial charge on any atom is 2.00 e. The summed E-state index contributed by atoms with van der Waals surface area (Å²) in [5.41, 5.74) is 5.65. The van der Waals surface area contributed by atoms with Gasteiger partial charge in [-0.05, 0) is 34.3 Å². The number of hydrogen-bond acceptors (Lipinski definition) is 6. The van der Waals surface area contributed by atoms with E-state index >= 15 is 0 Å². The Bertz CT molecular complexity index is 2050.